The number of nitrogens with zero attached hydrogens (tertiary/aromatic N) is 4. The van der Waals surface area contributed by atoms with E-state index in [0.29, 0.717) is 18.8 Å². The average Bonchev–Trinajstić information content (AvgIpc) is 3.52. The number of nitrogens with one attached hydrogen (secondary N) is 1. The molecule has 2 aliphatic rings. The molecule has 2 aromatic carbocycles. The maximum absolute atomic E-state index is 12.9. The van der Waals surface area contributed by atoms with Gasteiger partial charge in [0.05, 0.1) is 9.79 Å². The standard InChI is InChI=1S/C21H23N5O4S2/c27-31(28,18-8-10-19(11-9-18)32(29,30)25-12-1-2-13-25)24-17-6-3-5-16(15-17)21-23-22-20-7-4-14-26(20)21/h3,5-6,8-11,15,24H,1-2,4,7,12-14H2. The highest BCUT2D eigenvalue weighted by Crippen LogP contribution is 2.27. The predicted molar refractivity (Wildman–Crippen MR) is 119 cm³/mol. The van der Waals surface area contributed by atoms with E-state index in [-0.39, 0.29) is 9.79 Å². The van der Waals surface area contributed by atoms with Gasteiger partial charge in [-0.3, -0.25) is 4.72 Å². The summed E-state index contributed by atoms with van der Waals surface area (Å²) >= 11 is 0. The van der Waals surface area contributed by atoms with Gasteiger partial charge in [-0.15, -0.1) is 10.2 Å². The van der Waals surface area contributed by atoms with Gasteiger partial charge in [-0.2, -0.15) is 4.31 Å². The highest BCUT2D eigenvalue weighted by atomic mass is 32.2. The average molecular weight is 474 g/mol. The molecule has 3 heterocycles. The van der Waals surface area contributed by atoms with E-state index >= 15 is 0 Å². The van der Waals surface area contributed by atoms with E-state index in [9.17, 15) is 16.8 Å². The van der Waals surface area contributed by atoms with E-state index in [1.807, 2.05) is 10.6 Å². The summed E-state index contributed by atoms with van der Waals surface area (Å²) in [5.74, 6) is 1.66. The van der Waals surface area contributed by atoms with Gasteiger partial charge < -0.3 is 4.57 Å². The Hall–Kier alpha value is -2.76. The first-order chi connectivity index (χ1) is 15.3. The number of rotatable bonds is 6. The molecular weight excluding hydrogens is 450 g/mol. The van der Waals surface area contributed by atoms with Gasteiger partial charge in [0.1, 0.15) is 5.82 Å². The maximum atomic E-state index is 12.9. The second-order valence-electron chi connectivity index (χ2n) is 7.96. The first-order valence-electron chi connectivity index (χ1n) is 10.5. The molecule has 2 aliphatic heterocycles. The molecule has 0 atom stereocenters. The zero-order chi connectivity index (χ0) is 22.3. The van der Waals surface area contributed by atoms with Crippen LogP contribution < -0.4 is 4.72 Å². The van der Waals surface area contributed by atoms with Gasteiger partial charge in [0.2, 0.25) is 10.0 Å². The normalized spacial score (nSPS) is 16.9. The predicted octanol–water partition coefficient (Wildman–Crippen LogP) is 2.48. The summed E-state index contributed by atoms with van der Waals surface area (Å²) < 4.78 is 57.2. The lowest BCUT2D eigenvalue weighted by atomic mass is 10.2. The number of sulfonamides is 2. The zero-order valence-electron chi connectivity index (χ0n) is 17.3. The largest absolute Gasteiger partial charge is 0.311 e. The molecule has 9 nitrogen and oxygen atoms in total. The van der Waals surface area contributed by atoms with Crippen LogP contribution in [0.5, 0.6) is 0 Å². The van der Waals surface area contributed by atoms with E-state index in [1.54, 1.807) is 18.2 Å². The van der Waals surface area contributed by atoms with Crippen molar-refractivity contribution in [2.45, 2.75) is 42.0 Å². The molecule has 3 aromatic rings. The molecular formula is C21H23N5O4S2. The quantitative estimate of drug-likeness (QED) is 0.588. The number of anilines is 1. The fraction of sp³-hybridized carbons (Fsp3) is 0.333. The minimum Gasteiger partial charge on any atom is -0.311 e. The van der Waals surface area contributed by atoms with Gasteiger partial charge in [0, 0.05) is 37.3 Å². The Labute approximate surface area is 187 Å². The number of aryl methyl sites for hydroxylation is 1. The fourth-order valence-electron chi connectivity index (χ4n) is 4.17. The van der Waals surface area contributed by atoms with Crippen LogP contribution in [0.1, 0.15) is 25.1 Å². The van der Waals surface area contributed by atoms with Crippen LogP contribution >= 0.6 is 0 Å². The minimum absolute atomic E-state index is 0.00774. The molecule has 1 saturated heterocycles. The zero-order valence-corrected chi connectivity index (χ0v) is 18.9. The summed E-state index contributed by atoms with van der Waals surface area (Å²) in [7, 11) is -7.49. The van der Waals surface area contributed by atoms with Crippen molar-refractivity contribution in [3.8, 4) is 11.4 Å². The second-order valence-corrected chi connectivity index (χ2v) is 11.6. The third kappa shape index (κ3) is 3.80. The van der Waals surface area contributed by atoms with E-state index < -0.39 is 20.0 Å². The molecule has 1 aromatic heterocycles. The molecule has 0 aliphatic carbocycles. The van der Waals surface area contributed by atoms with Crippen molar-refractivity contribution >= 4 is 25.7 Å². The van der Waals surface area contributed by atoms with Crippen LogP contribution in [-0.2, 0) is 33.0 Å². The van der Waals surface area contributed by atoms with Crippen molar-refractivity contribution < 1.29 is 16.8 Å². The Bertz CT molecular complexity index is 1360. The molecule has 0 unspecified atom stereocenters. The minimum atomic E-state index is -3.89. The van der Waals surface area contributed by atoms with Crippen molar-refractivity contribution in [1.29, 1.82) is 0 Å². The molecule has 32 heavy (non-hydrogen) atoms. The summed E-state index contributed by atoms with van der Waals surface area (Å²) in [5, 5.41) is 8.45. The molecule has 5 rings (SSSR count). The lowest BCUT2D eigenvalue weighted by Gasteiger charge is -2.16. The van der Waals surface area contributed by atoms with Crippen LogP contribution in [0.2, 0.25) is 0 Å². The van der Waals surface area contributed by atoms with Crippen LogP contribution in [-0.4, -0.2) is 49.0 Å². The smallest absolute Gasteiger partial charge is 0.261 e. The number of fused-ring (bicyclic) bond motifs is 1. The molecule has 0 radical (unpaired) electrons. The summed E-state index contributed by atoms with van der Waals surface area (Å²) in [5.41, 5.74) is 1.17. The third-order valence-electron chi connectivity index (χ3n) is 5.82. The van der Waals surface area contributed by atoms with Crippen molar-refractivity contribution in [2.24, 2.45) is 0 Å². The molecule has 1 fully saturated rings. The van der Waals surface area contributed by atoms with Gasteiger partial charge >= 0.3 is 0 Å². The van der Waals surface area contributed by atoms with Gasteiger partial charge in [0.25, 0.3) is 10.0 Å². The van der Waals surface area contributed by atoms with E-state index in [0.717, 1.165) is 49.4 Å². The monoisotopic (exact) mass is 473 g/mol. The molecule has 1 N–H and O–H groups in total. The van der Waals surface area contributed by atoms with E-state index in [1.165, 1.54) is 28.6 Å². The number of aromatic nitrogens is 3. The molecule has 0 spiro atoms. The van der Waals surface area contributed by atoms with Gasteiger partial charge in [-0.05, 0) is 55.7 Å². The third-order valence-corrected chi connectivity index (χ3v) is 9.13. The number of hydrogen-bond acceptors (Lipinski definition) is 6. The number of hydrogen-bond donors (Lipinski definition) is 1. The van der Waals surface area contributed by atoms with Crippen LogP contribution in [0.3, 0.4) is 0 Å². The van der Waals surface area contributed by atoms with Crippen molar-refractivity contribution in [3.63, 3.8) is 0 Å². The first kappa shape index (κ1) is 21.1. The molecule has 168 valence electrons. The SMILES string of the molecule is O=S(=O)(Nc1cccc(-c2nnc3n2CCC3)c1)c1ccc(S(=O)(=O)N2CCCC2)cc1. The second kappa shape index (κ2) is 7.98. The highest BCUT2D eigenvalue weighted by molar-refractivity contribution is 7.92. The van der Waals surface area contributed by atoms with Crippen LogP contribution in [0, 0.1) is 0 Å². The van der Waals surface area contributed by atoms with Gasteiger partial charge in [-0.25, -0.2) is 16.8 Å². The Morgan fingerprint density at radius 2 is 1.53 bits per heavy atom. The summed E-state index contributed by atoms with van der Waals surface area (Å²) in [6.07, 6.45) is 3.59. The molecule has 11 heteroatoms. The summed E-state index contributed by atoms with van der Waals surface area (Å²) in [4.78, 5) is 0.0904. The lowest BCUT2D eigenvalue weighted by molar-refractivity contribution is 0.477. The molecule has 0 amide bonds. The first-order valence-corrected chi connectivity index (χ1v) is 13.4. The Morgan fingerprint density at radius 3 is 2.28 bits per heavy atom. The lowest BCUT2D eigenvalue weighted by Crippen LogP contribution is -2.27. The number of benzene rings is 2. The Balaban J connectivity index is 1.37. The van der Waals surface area contributed by atoms with Crippen molar-refractivity contribution in [3.05, 3.63) is 54.4 Å². The van der Waals surface area contributed by atoms with Gasteiger partial charge in [-0.1, -0.05) is 12.1 Å². The summed E-state index contributed by atoms with van der Waals surface area (Å²) in [6.45, 7) is 1.84. The van der Waals surface area contributed by atoms with Crippen LogP contribution in [0.4, 0.5) is 5.69 Å². The topological polar surface area (TPSA) is 114 Å². The molecule has 0 saturated carbocycles. The van der Waals surface area contributed by atoms with Crippen LogP contribution in [0.15, 0.2) is 58.3 Å². The molecule has 0 bridgehead atoms. The fourth-order valence-corrected chi connectivity index (χ4v) is 6.73. The maximum Gasteiger partial charge on any atom is 0.261 e. The Morgan fingerprint density at radius 1 is 0.812 bits per heavy atom. The highest BCUT2D eigenvalue weighted by Gasteiger charge is 2.27. The van der Waals surface area contributed by atoms with Crippen molar-refractivity contribution in [2.75, 3.05) is 17.8 Å². The van der Waals surface area contributed by atoms with E-state index in [2.05, 4.69) is 14.9 Å². The summed E-state index contributed by atoms with van der Waals surface area (Å²) in [6, 6.07) is 12.3. The van der Waals surface area contributed by atoms with Crippen LogP contribution in [0.25, 0.3) is 11.4 Å². The van der Waals surface area contributed by atoms with E-state index in [4.69, 9.17) is 0 Å². The van der Waals surface area contributed by atoms with Gasteiger partial charge in [0.15, 0.2) is 5.82 Å². The van der Waals surface area contributed by atoms with Crippen molar-refractivity contribution in [1.82, 2.24) is 19.1 Å². The Kier molecular flexibility index (Phi) is 5.26.